The summed E-state index contributed by atoms with van der Waals surface area (Å²) in [6, 6.07) is -2.98. The normalized spacial score (nSPS) is 13.3. The smallest absolute Gasteiger partial charge is 0.352 e. The Bertz CT molecular complexity index is 1290. The molecule has 0 rings (SSSR count). The lowest BCUT2D eigenvalue weighted by molar-refractivity contribution is -0.141. The Morgan fingerprint density at radius 1 is 0.733 bits per heavy atom. The largest absolute Gasteiger partial charge is 0.481 e. The minimum Gasteiger partial charge on any atom is -0.481 e. The van der Waals surface area contributed by atoms with Crippen molar-refractivity contribution in [2.24, 2.45) is 22.2 Å². The van der Waals surface area contributed by atoms with Gasteiger partial charge in [-0.3, -0.25) is 9.59 Å². The number of ether oxygens (including phenoxy) is 2. The van der Waals surface area contributed by atoms with Crippen molar-refractivity contribution >= 4 is 44.0 Å². The van der Waals surface area contributed by atoms with Gasteiger partial charge in [0, 0.05) is 29.3 Å². The number of carbonyl (C=O) groups is 4. The van der Waals surface area contributed by atoms with Crippen LogP contribution in [0.25, 0.3) is 0 Å². The van der Waals surface area contributed by atoms with Gasteiger partial charge in [-0.1, -0.05) is 61.6 Å². The third-order valence-corrected chi connectivity index (χ3v) is 8.44. The Labute approximate surface area is 265 Å². The summed E-state index contributed by atoms with van der Waals surface area (Å²) in [5.41, 5.74) is -2.21. The van der Waals surface area contributed by atoms with Crippen LogP contribution >= 0.6 is 0 Å². The second-order valence-corrected chi connectivity index (χ2v) is 16.4. The van der Waals surface area contributed by atoms with Gasteiger partial charge in [-0.05, 0) is 16.7 Å². The molecule has 0 saturated heterocycles. The van der Waals surface area contributed by atoms with Crippen LogP contribution in [0.15, 0.2) is 24.0 Å². The molecule has 0 aromatic rings. The maximum absolute atomic E-state index is 13.2. The van der Waals surface area contributed by atoms with Crippen molar-refractivity contribution in [1.29, 1.82) is 0 Å². The fraction of sp³-hybridized carbons (Fsp3) is 0.704. The number of amides is 4. The Morgan fingerprint density at radius 3 is 1.51 bits per heavy atom. The van der Waals surface area contributed by atoms with E-state index in [2.05, 4.69) is 23.8 Å². The zero-order chi connectivity index (χ0) is 35.4. The van der Waals surface area contributed by atoms with E-state index in [1.165, 1.54) is 0 Å². The molecule has 260 valence electrons. The van der Waals surface area contributed by atoms with Crippen LogP contribution in [0.5, 0.6) is 0 Å². The average molecular weight is 685 g/mol. The lowest BCUT2D eigenvalue weighted by Gasteiger charge is -2.33. The van der Waals surface area contributed by atoms with Crippen LogP contribution in [0.2, 0.25) is 0 Å². The third kappa shape index (κ3) is 15.6. The molecule has 0 aliphatic heterocycles. The molecule has 0 aliphatic rings. The van der Waals surface area contributed by atoms with Gasteiger partial charge in [0.25, 0.3) is 20.0 Å². The van der Waals surface area contributed by atoms with Crippen molar-refractivity contribution in [2.75, 3.05) is 39.5 Å². The molecular formula is C27H48N4O12S2. The molecule has 1 unspecified atom stereocenters. The molecule has 4 N–H and O–H groups in total. The summed E-state index contributed by atoms with van der Waals surface area (Å²) < 4.78 is 62.1. The molecule has 1 atom stereocenters. The van der Waals surface area contributed by atoms with Crippen LogP contribution in [-0.4, -0.2) is 99.4 Å². The van der Waals surface area contributed by atoms with E-state index in [9.17, 15) is 36.0 Å². The number of nitrogens with one attached hydrogen (secondary N) is 2. The summed E-state index contributed by atoms with van der Waals surface area (Å²) in [5, 5.41) is 23.2. The predicted octanol–water partition coefficient (Wildman–Crippen LogP) is 2.57. The van der Waals surface area contributed by atoms with E-state index in [4.69, 9.17) is 19.7 Å². The van der Waals surface area contributed by atoms with E-state index in [1.807, 2.05) is 0 Å². The van der Waals surface area contributed by atoms with Gasteiger partial charge in [-0.2, -0.15) is 16.8 Å². The summed E-state index contributed by atoms with van der Waals surface area (Å²) in [6.07, 6.45) is -0.289. The SMILES string of the molecule is C=CS(=O)(=O)N(C(=O)NCC(C)COCC(C)(C)CC(=O)O)N(C(=O)NCC(C)(C)COCC(C)(C)CC(=O)O)S(=O)(=O)C=C. The summed E-state index contributed by atoms with van der Waals surface area (Å²) in [4.78, 5) is 48.3. The van der Waals surface area contributed by atoms with Crippen molar-refractivity contribution < 1.29 is 55.7 Å². The van der Waals surface area contributed by atoms with Crippen LogP contribution in [0, 0.1) is 22.2 Å². The molecule has 16 nitrogen and oxygen atoms in total. The first-order chi connectivity index (χ1) is 20.3. The minimum atomic E-state index is -4.93. The topological polar surface area (TPSA) is 226 Å². The number of carboxylic acid groups (broad SMARTS) is 2. The Morgan fingerprint density at radius 2 is 1.11 bits per heavy atom. The molecule has 0 fully saturated rings. The van der Waals surface area contributed by atoms with E-state index < -0.39 is 66.2 Å². The Balaban J connectivity index is 5.76. The van der Waals surface area contributed by atoms with Gasteiger partial charge in [0.1, 0.15) is 0 Å². The number of nitrogens with zero attached hydrogens (tertiary/aromatic N) is 2. The van der Waals surface area contributed by atoms with Gasteiger partial charge in [-0.25, -0.2) is 9.59 Å². The number of aliphatic carboxylic acids is 2. The molecule has 0 aromatic carbocycles. The number of carbonyl (C=O) groups excluding carboxylic acids is 2. The third-order valence-electron chi connectivity index (χ3n) is 5.88. The van der Waals surface area contributed by atoms with Gasteiger partial charge in [0.05, 0.1) is 39.3 Å². The maximum atomic E-state index is 13.2. The Hall–Kier alpha value is -3.22. The summed E-state index contributed by atoms with van der Waals surface area (Å²) in [5.74, 6) is -2.44. The number of sulfonamides is 2. The van der Waals surface area contributed by atoms with Crippen LogP contribution in [0.3, 0.4) is 0 Å². The highest BCUT2D eigenvalue weighted by Gasteiger charge is 2.42. The number of hydrazine groups is 1. The van der Waals surface area contributed by atoms with Crippen LogP contribution < -0.4 is 10.6 Å². The van der Waals surface area contributed by atoms with Gasteiger partial charge >= 0.3 is 24.0 Å². The molecule has 0 bridgehead atoms. The molecule has 0 aliphatic carbocycles. The fourth-order valence-electron chi connectivity index (χ4n) is 3.63. The van der Waals surface area contributed by atoms with Gasteiger partial charge in [0.15, 0.2) is 0 Å². The first kappa shape index (κ1) is 41.8. The second kappa shape index (κ2) is 16.9. The van der Waals surface area contributed by atoms with Crippen LogP contribution in [0.4, 0.5) is 9.59 Å². The highest BCUT2D eigenvalue weighted by atomic mass is 32.2. The molecule has 4 amide bonds. The van der Waals surface area contributed by atoms with E-state index in [-0.39, 0.29) is 61.2 Å². The first-order valence-corrected chi connectivity index (χ1v) is 16.8. The quantitative estimate of drug-likeness (QED) is 0.136. The number of hydrogen-bond donors (Lipinski definition) is 4. The molecule has 0 spiro atoms. The number of rotatable bonds is 20. The van der Waals surface area contributed by atoms with Crippen molar-refractivity contribution in [3.05, 3.63) is 24.0 Å². The van der Waals surface area contributed by atoms with E-state index in [0.29, 0.717) is 10.8 Å². The molecular weight excluding hydrogens is 636 g/mol. The van der Waals surface area contributed by atoms with Crippen LogP contribution in [-0.2, 0) is 39.1 Å². The molecule has 18 heteroatoms. The van der Waals surface area contributed by atoms with Crippen molar-refractivity contribution in [3.63, 3.8) is 0 Å². The fourth-order valence-corrected chi connectivity index (χ4v) is 5.62. The number of hydrogen-bond acceptors (Lipinski definition) is 10. The first-order valence-electron chi connectivity index (χ1n) is 13.8. The molecule has 45 heavy (non-hydrogen) atoms. The maximum Gasteiger partial charge on any atom is 0.352 e. The molecule has 0 radical (unpaired) electrons. The zero-order valence-corrected chi connectivity index (χ0v) is 28.6. The number of urea groups is 2. The highest BCUT2D eigenvalue weighted by molar-refractivity contribution is 7.95. The molecule has 0 heterocycles. The van der Waals surface area contributed by atoms with Gasteiger partial charge in [-0.15, -0.1) is 8.83 Å². The van der Waals surface area contributed by atoms with E-state index in [0.717, 1.165) is 0 Å². The zero-order valence-electron chi connectivity index (χ0n) is 27.0. The molecule has 0 saturated carbocycles. The average Bonchev–Trinajstić information content (AvgIpc) is 2.86. The van der Waals surface area contributed by atoms with E-state index >= 15 is 0 Å². The lowest BCUT2D eigenvalue weighted by atomic mass is 9.90. The van der Waals surface area contributed by atoms with Crippen molar-refractivity contribution in [1.82, 2.24) is 19.5 Å². The van der Waals surface area contributed by atoms with Gasteiger partial charge < -0.3 is 30.3 Å². The standard InChI is InChI=1S/C27H48N4O12S2/c1-10-44(38,39)30(23(36)28-14-20(3)15-42-17-25(4,5)12-21(32)33)31(45(40,41)11-2)24(37)29-16-27(8,9)19-43-18-26(6,7)13-22(34)35/h10-11,20H,1-2,12-19H2,3-9H3,(H,28,36)(H,29,37)(H,32,33)(H,34,35). The predicted molar refractivity (Wildman–Crippen MR) is 165 cm³/mol. The van der Waals surface area contributed by atoms with E-state index in [1.54, 1.807) is 48.5 Å². The highest BCUT2D eigenvalue weighted by Crippen LogP contribution is 2.24. The van der Waals surface area contributed by atoms with Crippen LogP contribution in [0.1, 0.15) is 61.3 Å². The van der Waals surface area contributed by atoms with Crippen molar-refractivity contribution in [3.8, 4) is 0 Å². The monoisotopic (exact) mass is 684 g/mol. The molecule has 0 aromatic heterocycles. The lowest BCUT2D eigenvalue weighted by Crippen LogP contribution is -2.60. The Kier molecular flexibility index (Phi) is 15.7. The number of carboxylic acids is 2. The summed E-state index contributed by atoms with van der Waals surface area (Å²) in [6.45, 7) is 17.7. The summed E-state index contributed by atoms with van der Waals surface area (Å²) in [7, 11) is -9.85. The second-order valence-electron chi connectivity index (χ2n) is 13.0. The minimum absolute atomic E-state index is 0.00709. The summed E-state index contributed by atoms with van der Waals surface area (Å²) >= 11 is 0. The van der Waals surface area contributed by atoms with Crippen molar-refractivity contribution in [2.45, 2.75) is 61.3 Å². The van der Waals surface area contributed by atoms with Gasteiger partial charge in [0.2, 0.25) is 0 Å².